The molecule has 0 radical (unpaired) electrons. The first kappa shape index (κ1) is 19.0. The minimum atomic E-state index is -0.334. The van der Waals surface area contributed by atoms with E-state index < -0.39 is 0 Å². The molecule has 2 aromatic carbocycles. The van der Waals surface area contributed by atoms with Gasteiger partial charge in [-0.15, -0.1) is 5.10 Å². The van der Waals surface area contributed by atoms with Crippen LogP contribution in [-0.4, -0.2) is 38.6 Å². The summed E-state index contributed by atoms with van der Waals surface area (Å²) in [5.74, 6) is 1.19. The number of fused-ring (bicyclic) bond motifs is 2. The minimum Gasteiger partial charge on any atom is -0.486 e. The first-order valence-electron chi connectivity index (χ1n) is 9.97. The van der Waals surface area contributed by atoms with Crippen molar-refractivity contribution in [3.8, 4) is 17.2 Å². The lowest BCUT2D eigenvalue weighted by Crippen LogP contribution is -2.28. The summed E-state index contributed by atoms with van der Waals surface area (Å²) >= 11 is 0. The molecule has 1 aliphatic rings. The molecule has 8 nitrogen and oxygen atoms in total. The van der Waals surface area contributed by atoms with Crippen LogP contribution in [0.5, 0.6) is 11.5 Å². The lowest BCUT2D eigenvalue weighted by Gasteiger charge is -2.20. The van der Waals surface area contributed by atoms with Crippen LogP contribution in [0.2, 0.25) is 0 Å². The molecule has 3 heterocycles. The Kier molecular flexibility index (Phi) is 4.54. The monoisotopic (exact) mass is 416 g/mol. The van der Waals surface area contributed by atoms with Crippen molar-refractivity contribution in [1.29, 1.82) is 0 Å². The highest BCUT2D eigenvalue weighted by Gasteiger charge is 2.20. The Morgan fingerprint density at radius 2 is 1.81 bits per heavy atom. The largest absolute Gasteiger partial charge is 0.486 e. The smallest absolute Gasteiger partial charge is 0.278 e. The Bertz CT molecular complexity index is 1390. The molecule has 0 atom stereocenters. The summed E-state index contributed by atoms with van der Waals surface area (Å²) in [6.45, 7) is 4.67. The molecule has 0 spiro atoms. The average Bonchev–Trinajstić information content (AvgIpc) is 3.09. The van der Waals surface area contributed by atoms with Gasteiger partial charge in [-0.3, -0.25) is 9.59 Å². The van der Waals surface area contributed by atoms with Gasteiger partial charge in [0.15, 0.2) is 17.3 Å². The first-order chi connectivity index (χ1) is 15.0. The summed E-state index contributed by atoms with van der Waals surface area (Å²) in [5, 5.41) is 8.42. The third-order valence-corrected chi connectivity index (χ3v) is 5.44. The second kappa shape index (κ2) is 7.39. The molecule has 0 saturated heterocycles. The Hall–Kier alpha value is -3.94. The maximum absolute atomic E-state index is 13.1. The van der Waals surface area contributed by atoms with Crippen LogP contribution in [0, 0.1) is 13.8 Å². The molecule has 0 bridgehead atoms. The van der Waals surface area contributed by atoms with Gasteiger partial charge in [0.2, 0.25) is 0 Å². The molecule has 0 N–H and O–H groups in total. The van der Waals surface area contributed by atoms with Gasteiger partial charge in [0.25, 0.3) is 5.56 Å². The fourth-order valence-corrected chi connectivity index (χ4v) is 3.96. The first-order valence-corrected chi connectivity index (χ1v) is 9.97. The second-order valence-electron chi connectivity index (χ2n) is 7.44. The summed E-state index contributed by atoms with van der Waals surface area (Å²) in [7, 11) is 0. The molecule has 5 rings (SSSR count). The molecular formula is C23H20N4O4. The number of Topliss-reactive ketones (excluding diaryl/α,β-unsaturated/α-hetero) is 1. The van der Waals surface area contributed by atoms with E-state index in [0.29, 0.717) is 41.2 Å². The standard InChI is InChI=1S/C23H20N4O4/c1-14-11-18(15(2)27(14)16-7-8-21-22(12-16)31-10-9-30-21)20(28)13-26-23(29)17-5-3-4-6-19(17)24-25-26/h3-8,11-12H,9-10,13H2,1-2H3. The van der Waals surface area contributed by atoms with E-state index in [0.717, 1.165) is 21.8 Å². The predicted molar refractivity (Wildman–Crippen MR) is 114 cm³/mol. The van der Waals surface area contributed by atoms with Crippen LogP contribution in [-0.2, 0) is 6.54 Å². The molecule has 1 aliphatic heterocycles. The van der Waals surface area contributed by atoms with Crippen molar-refractivity contribution in [2.45, 2.75) is 20.4 Å². The van der Waals surface area contributed by atoms with Crippen molar-refractivity contribution in [3.05, 3.63) is 75.8 Å². The Balaban J connectivity index is 1.49. The normalized spacial score (nSPS) is 12.8. The highest BCUT2D eigenvalue weighted by molar-refractivity contribution is 5.97. The fraction of sp³-hybridized carbons (Fsp3) is 0.217. The van der Waals surface area contributed by atoms with E-state index >= 15 is 0 Å². The van der Waals surface area contributed by atoms with Crippen LogP contribution in [0.25, 0.3) is 16.6 Å². The zero-order valence-corrected chi connectivity index (χ0v) is 17.2. The number of hydrogen-bond donors (Lipinski definition) is 0. The van der Waals surface area contributed by atoms with E-state index in [1.807, 2.05) is 42.7 Å². The summed E-state index contributed by atoms with van der Waals surface area (Å²) in [4.78, 5) is 25.8. The summed E-state index contributed by atoms with van der Waals surface area (Å²) in [6, 6.07) is 14.5. The second-order valence-corrected chi connectivity index (χ2v) is 7.44. The lowest BCUT2D eigenvalue weighted by molar-refractivity contribution is 0.0964. The third-order valence-electron chi connectivity index (χ3n) is 5.44. The highest BCUT2D eigenvalue weighted by atomic mass is 16.6. The molecule has 0 saturated carbocycles. The molecule has 0 amide bonds. The molecule has 8 heteroatoms. The number of carbonyl (C=O) groups is 1. The maximum atomic E-state index is 13.1. The van der Waals surface area contributed by atoms with Crippen molar-refractivity contribution >= 4 is 16.7 Å². The molecule has 0 fully saturated rings. The number of nitrogens with zero attached hydrogens (tertiary/aromatic N) is 4. The van der Waals surface area contributed by atoms with Crippen molar-refractivity contribution in [2.24, 2.45) is 0 Å². The van der Waals surface area contributed by atoms with Crippen LogP contribution in [0.3, 0.4) is 0 Å². The number of ketones is 1. The molecule has 0 unspecified atom stereocenters. The molecule has 2 aromatic heterocycles. The number of ether oxygens (including phenoxy) is 2. The van der Waals surface area contributed by atoms with Gasteiger partial charge in [-0.05, 0) is 44.2 Å². The van der Waals surface area contributed by atoms with Crippen molar-refractivity contribution in [3.63, 3.8) is 0 Å². The van der Waals surface area contributed by atoms with Crippen LogP contribution >= 0.6 is 0 Å². The number of aromatic nitrogens is 4. The number of carbonyl (C=O) groups excluding carboxylic acids is 1. The quantitative estimate of drug-likeness (QED) is 0.476. The van der Waals surface area contributed by atoms with Gasteiger partial charge >= 0.3 is 0 Å². The topological polar surface area (TPSA) is 88.2 Å². The van der Waals surface area contributed by atoms with Crippen molar-refractivity contribution in [1.82, 2.24) is 19.6 Å². The Morgan fingerprint density at radius 3 is 2.65 bits per heavy atom. The molecule has 4 aromatic rings. The van der Waals surface area contributed by atoms with E-state index in [2.05, 4.69) is 10.3 Å². The summed E-state index contributed by atoms with van der Waals surface area (Å²) < 4.78 is 14.4. The molecule has 156 valence electrons. The fourth-order valence-electron chi connectivity index (χ4n) is 3.96. The molecule has 31 heavy (non-hydrogen) atoms. The number of aryl methyl sites for hydroxylation is 1. The van der Waals surface area contributed by atoms with Gasteiger partial charge in [-0.2, -0.15) is 0 Å². The predicted octanol–water partition coefficient (Wildman–Crippen LogP) is 2.85. The maximum Gasteiger partial charge on any atom is 0.278 e. The van der Waals surface area contributed by atoms with Gasteiger partial charge in [-0.1, -0.05) is 17.3 Å². The van der Waals surface area contributed by atoms with E-state index in [9.17, 15) is 9.59 Å². The minimum absolute atomic E-state index is 0.178. The van der Waals surface area contributed by atoms with Gasteiger partial charge in [-0.25, -0.2) is 4.68 Å². The van der Waals surface area contributed by atoms with Crippen LogP contribution in [0.4, 0.5) is 0 Å². The molecular weight excluding hydrogens is 396 g/mol. The average molecular weight is 416 g/mol. The van der Waals surface area contributed by atoms with Gasteiger partial charge in [0, 0.05) is 28.7 Å². The third kappa shape index (κ3) is 3.26. The Labute approximate surface area is 177 Å². The van der Waals surface area contributed by atoms with E-state index in [1.165, 1.54) is 0 Å². The summed E-state index contributed by atoms with van der Waals surface area (Å²) in [6.07, 6.45) is 0. The number of hydrogen-bond acceptors (Lipinski definition) is 6. The van der Waals surface area contributed by atoms with Gasteiger partial charge in [0.05, 0.1) is 5.39 Å². The SMILES string of the molecule is Cc1cc(C(=O)Cn2nnc3ccccc3c2=O)c(C)n1-c1ccc2c(c1)OCCO2. The van der Waals surface area contributed by atoms with E-state index in [-0.39, 0.29) is 17.9 Å². The van der Waals surface area contributed by atoms with E-state index in [1.54, 1.807) is 24.3 Å². The highest BCUT2D eigenvalue weighted by Crippen LogP contribution is 2.33. The summed E-state index contributed by atoms with van der Waals surface area (Å²) in [5.41, 5.74) is 3.26. The Morgan fingerprint density at radius 1 is 1.03 bits per heavy atom. The van der Waals surface area contributed by atoms with Crippen molar-refractivity contribution in [2.75, 3.05) is 13.2 Å². The van der Waals surface area contributed by atoms with Crippen LogP contribution in [0.15, 0.2) is 53.3 Å². The molecule has 0 aliphatic carbocycles. The number of benzene rings is 2. The number of rotatable bonds is 4. The van der Waals surface area contributed by atoms with Crippen molar-refractivity contribution < 1.29 is 14.3 Å². The lowest BCUT2D eigenvalue weighted by atomic mass is 10.1. The van der Waals surface area contributed by atoms with Crippen LogP contribution < -0.4 is 15.0 Å². The van der Waals surface area contributed by atoms with E-state index in [4.69, 9.17) is 9.47 Å². The van der Waals surface area contributed by atoms with Gasteiger partial charge in [0.1, 0.15) is 25.3 Å². The van der Waals surface area contributed by atoms with Crippen LogP contribution in [0.1, 0.15) is 21.7 Å². The zero-order valence-electron chi connectivity index (χ0n) is 17.2. The zero-order chi connectivity index (χ0) is 21.5. The van der Waals surface area contributed by atoms with Gasteiger partial charge < -0.3 is 14.0 Å².